The number of benzene rings is 2. The lowest BCUT2D eigenvalue weighted by Crippen LogP contribution is -2.59. The molecular formula is C23H24ClN3O4. The van der Waals surface area contributed by atoms with Gasteiger partial charge in [-0.3, -0.25) is 14.5 Å². The number of likely N-dealkylation sites (tertiary alicyclic amines) is 1. The first-order chi connectivity index (χ1) is 14.9. The first kappa shape index (κ1) is 21.2. The van der Waals surface area contributed by atoms with Crippen molar-refractivity contribution < 1.29 is 19.1 Å². The van der Waals surface area contributed by atoms with Crippen molar-refractivity contribution >= 4 is 29.4 Å². The number of amides is 4. The third-order valence-electron chi connectivity index (χ3n) is 5.81. The molecule has 162 valence electrons. The van der Waals surface area contributed by atoms with Gasteiger partial charge in [0.05, 0.1) is 26.6 Å². The van der Waals surface area contributed by atoms with Crippen LogP contribution < -0.4 is 10.1 Å². The van der Waals surface area contributed by atoms with Gasteiger partial charge in [-0.2, -0.15) is 0 Å². The van der Waals surface area contributed by atoms with E-state index in [0.29, 0.717) is 30.2 Å². The molecule has 0 radical (unpaired) electrons. The van der Waals surface area contributed by atoms with Crippen molar-refractivity contribution in [2.75, 3.05) is 20.2 Å². The van der Waals surface area contributed by atoms with Gasteiger partial charge >= 0.3 is 6.03 Å². The molecule has 2 aromatic rings. The van der Waals surface area contributed by atoms with Crippen LogP contribution in [0.3, 0.4) is 0 Å². The number of rotatable bonds is 5. The molecule has 4 rings (SSSR count). The topological polar surface area (TPSA) is 79.0 Å². The zero-order valence-corrected chi connectivity index (χ0v) is 18.0. The third kappa shape index (κ3) is 4.37. The number of carbonyl (C=O) groups excluding carboxylic acids is 3. The van der Waals surface area contributed by atoms with Crippen molar-refractivity contribution in [1.82, 2.24) is 15.1 Å². The monoisotopic (exact) mass is 441 g/mol. The highest BCUT2D eigenvalue weighted by Crippen LogP contribution is 2.30. The molecule has 0 saturated carbocycles. The molecule has 8 heteroatoms. The number of hydrogen-bond acceptors (Lipinski definition) is 4. The molecular weight excluding hydrogens is 418 g/mol. The van der Waals surface area contributed by atoms with Crippen LogP contribution in [0.4, 0.5) is 4.79 Å². The van der Waals surface area contributed by atoms with Crippen LogP contribution in [0.2, 0.25) is 5.02 Å². The van der Waals surface area contributed by atoms with Crippen LogP contribution >= 0.6 is 11.6 Å². The molecule has 1 atom stereocenters. The molecule has 0 aromatic heterocycles. The second-order valence-corrected chi connectivity index (χ2v) is 8.42. The Morgan fingerprint density at radius 2 is 1.94 bits per heavy atom. The number of hydrogen-bond donors (Lipinski definition) is 1. The van der Waals surface area contributed by atoms with E-state index in [1.54, 1.807) is 30.2 Å². The summed E-state index contributed by atoms with van der Waals surface area (Å²) in [7, 11) is 1.58. The van der Waals surface area contributed by atoms with Gasteiger partial charge in [0.2, 0.25) is 5.91 Å². The van der Waals surface area contributed by atoms with E-state index in [4.69, 9.17) is 16.3 Å². The van der Waals surface area contributed by atoms with Crippen LogP contribution in [0.25, 0.3) is 0 Å². The number of urea groups is 1. The van der Waals surface area contributed by atoms with Crippen LogP contribution in [0.1, 0.15) is 24.0 Å². The van der Waals surface area contributed by atoms with Gasteiger partial charge in [0.25, 0.3) is 5.91 Å². The Bertz CT molecular complexity index is 1030. The molecule has 2 aromatic carbocycles. The summed E-state index contributed by atoms with van der Waals surface area (Å²) in [5.74, 6) is 0.314. The fraction of sp³-hybridized carbons (Fsp3) is 0.348. The average molecular weight is 442 g/mol. The standard InChI is InChI=1S/C23H24ClN3O4/c1-31-19-8-3-5-16(12-19)13-20(28)26-10-4-9-23(15-26)21(29)27(22(30)25-23)14-17-6-2-7-18(24)11-17/h2-3,5-8,11-12H,4,9-10,13-15H2,1H3,(H,25,30)/t23-/m0/s1. The highest BCUT2D eigenvalue weighted by atomic mass is 35.5. The van der Waals surface area contributed by atoms with Gasteiger partial charge in [-0.05, 0) is 48.2 Å². The van der Waals surface area contributed by atoms with E-state index in [1.807, 2.05) is 30.3 Å². The van der Waals surface area contributed by atoms with E-state index in [9.17, 15) is 14.4 Å². The molecule has 2 fully saturated rings. The number of piperidine rings is 1. The predicted octanol–water partition coefficient (Wildman–Crippen LogP) is 3.00. The van der Waals surface area contributed by atoms with E-state index in [2.05, 4.69) is 5.32 Å². The smallest absolute Gasteiger partial charge is 0.325 e. The normalized spacial score (nSPS) is 20.8. The van der Waals surface area contributed by atoms with Crippen molar-refractivity contribution in [2.45, 2.75) is 31.3 Å². The number of carbonyl (C=O) groups is 3. The maximum atomic E-state index is 13.2. The second kappa shape index (κ2) is 8.59. The Labute approximate surface area is 185 Å². The molecule has 1 spiro atoms. The minimum atomic E-state index is -1.07. The van der Waals surface area contributed by atoms with Crippen molar-refractivity contribution in [3.63, 3.8) is 0 Å². The highest BCUT2D eigenvalue weighted by Gasteiger charge is 2.53. The molecule has 1 N–H and O–H groups in total. The summed E-state index contributed by atoms with van der Waals surface area (Å²) in [6, 6.07) is 14.0. The second-order valence-electron chi connectivity index (χ2n) is 7.98. The zero-order valence-electron chi connectivity index (χ0n) is 17.3. The summed E-state index contributed by atoms with van der Waals surface area (Å²) in [6.07, 6.45) is 1.36. The Kier molecular flexibility index (Phi) is 5.87. The third-order valence-corrected chi connectivity index (χ3v) is 6.05. The molecule has 2 aliphatic rings. The van der Waals surface area contributed by atoms with Gasteiger partial charge in [-0.15, -0.1) is 0 Å². The lowest BCUT2D eigenvalue weighted by Gasteiger charge is -2.38. The number of halogens is 1. The molecule has 0 unspecified atom stereocenters. The fourth-order valence-corrected chi connectivity index (χ4v) is 4.46. The predicted molar refractivity (Wildman–Crippen MR) is 116 cm³/mol. The van der Waals surface area contributed by atoms with Crippen LogP contribution in [0, 0.1) is 0 Å². The summed E-state index contributed by atoms with van der Waals surface area (Å²) in [4.78, 5) is 41.7. The van der Waals surface area contributed by atoms with Crippen molar-refractivity contribution in [3.05, 3.63) is 64.7 Å². The molecule has 2 heterocycles. The number of imide groups is 1. The Morgan fingerprint density at radius 1 is 1.16 bits per heavy atom. The first-order valence-electron chi connectivity index (χ1n) is 10.2. The molecule has 31 heavy (non-hydrogen) atoms. The Balaban J connectivity index is 1.47. The average Bonchev–Trinajstić information content (AvgIpc) is 2.97. The maximum absolute atomic E-state index is 13.2. The van der Waals surface area contributed by atoms with Gasteiger partial charge in [0.15, 0.2) is 0 Å². The van der Waals surface area contributed by atoms with E-state index in [1.165, 1.54) is 4.90 Å². The fourth-order valence-electron chi connectivity index (χ4n) is 4.25. The number of nitrogens with one attached hydrogen (secondary N) is 1. The number of nitrogens with zero attached hydrogens (tertiary/aromatic N) is 2. The summed E-state index contributed by atoms with van der Waals surface area (Å²) in [6.45, 7) is 0.874. The molecule has 2 aliphatic heterocycles. The lowest BCUT2D eigenvalue weighted by molar-refractivity contribution is -0.138. The zero-order chi connectivity index (χ0) is 22.0. The summed E-state index contributed by atoms with van der Waals surface area (Å²) in [5.41, 5.74) is 0.543. The quantitative estimate of drug-likeness (QED) is 0.723. The van der Waals surface area contributed by atoms with Gasteiger partial charge in [-0.1, -0.05) is 35.9 Å². The molecule has 2 saturated heterocycles. The van der Waals surface area contributed by atoms with E-state index >= 15 is 0 Å². The van der Waals surface area contributed by atoms with Gasteiger partial charge in [0, 0.05) is 11.6 Å². The summed E-state index contributed by atoms with van der Waals surface area (Å²) >= 11 is 6.03. The van der Waals surface area contributed by atoms with Crippen LogP contribution in [-0.4, -0.2) is 53.4 Å². The number of methoxy groups -OCH3 is 1. The van der Waals surface area contributed by atoms with Crippen LogP contribution in [-0.2, 0) is 22.6 Å². The van der Waals surface area contributed by atoms with E-state index in [-0.39, 0.29) is 31.3 Å². The van der Waals surface area contributed by atoms with Crippen molar-refractivity contribution in [1.29, 1.82) is 0 Å². The Morgan fingerprint density at radius 3 is 2.71 bits per heavy atom. The first-order valence-corrected chi connectivity index (χ1v) is 10.6. The van der Waals surface area contributed by atoms with E-state index < -0.39 is 11.6 Å². The Hall–Kier alpha value is -3.06. The van der Waals surface area contributed by atoms with Crippen molar-refractivity contribution in [3.8, 4) is 5.75 Å². The lowest BCUT2D eigenvalue weighted by atomic mass is 9.88. The summed E-state index contributed by atoms with van der Waals surface area (Å²) in [5, 5.41) is 3.41. The molecule has 0 bridgehead atoms. The van der Waals surface area contributed by atoms with Crippen LogP contribution in [0.5, 0.6) is 5.75 Å². The largest absolute Gasteiger partial charge is 0.497 e. The highest BCUT2D eigenvalue weighted by molar-refractivity contribution is 6.30. The van der Waals surface area contributed by atoms with E-state index in [0.717, 1.165) is 11.1 Å². The van der Waals surface area contributed by atoms with Gasteiger partial charge < -0.3 is 15.0 Å². The molecule has 7 nitrogen and oxygen atoms in total. The summed E-state index contributed by atoms with van der Waals surface area (Å²) < 4.78 is 5.22. The van der Waals surface area contributed by atoms with Crippen molar-refractivity contribution in [2.24, 2.45) is 0 Å². The maximum Gasteiger partial charge on any atom is 0.325 e. The van der Waals surface area contributed by atoms with Gasteiger partial charge in [0.1, 0.15) is 11.3 Å². The minimum Gasteiger partial charge on any atom is -0.497 e. The molecule has 4 amide bonds. The number of ether oxygens (including phenoxy) is 1. The van der Waals surface area contributed by atoms with Gasteiger partial charge in [-0.25, -0.2) is 4.79 Å². The molecule has 0 aliphatic carbocycles. The van der Waals surface area contributed by atoms with Crippen LogP contribution in [0.15, 0.2) is 48.5 Å². The SMILES string of the molecule is COc1cccc(CC(=O)N2CCC[C@@]3(C2)NC(=O)N(Cc2cccc(Cl)c2)C3=O)c1. The minimum absolute atomic E-state index is 0.0809.